The summed E-state index contributed by atoms with van der Waals surface area (Å²) in [5, 5.41) is 16.5. The summed E-state index contributed by atoms with van der Waals surface area (Å²) in [4.78, 5) is 9.82. The highest BCUT2D eigenvalue weighted by molar-refractivity contribution is 5.65. The van der Waals surface area contributed by atoms with Crippen molar-refractivity contribution < 1.29 is 19.7 Å². The van der Waals surface area contributed by atoms with Gasteiger partial charge in [0.15, 0.2) is 0 Å². The van der Waals surface area contributed by atoms with E-state index in [-0.39, 0.29) is 12.6 Å². The van der Waals surface area contributed by atoms with Crippen LogP contribution in [0.1, 0.15) is 27.2 Å². The topological polar surface area (TPSA) is 66.8 Å². The summed E-state index contributed by atoms with van der Waals surface area (Å²) in [5.41, 5.74) is 0. The van der Waals surface area contributed by atoms with E-state index in [1.54, 1.807) is 6.92 Å². The standard InChI is InChI=1S/C4H8O2.C4H10O2/c1-3-6-4(2)5;1-2-4(6)3-5/h3H2,1-2H3;4-6H,2-3H2,1H3. The van der Waals surface area contributed by atoms with E-state index >= 15 is 0 Å². The van der Waals surface area contributed by atoms with Crippen molar-refractivity contribution in [1.29, 1.82) is 0 Å². The molecule has 0 radical (unpaired) electrons. The highest BCUT2D eigenvalue weighted by atomic mass is 16.5. The van der Waals surface area contributed by atoms with Gasteiger partial charge in [-0.05, 0) is 13.3 Å². The summed E-state index contributed by atoms with van der Waals surface area (Å²) in [6, 6.07) is 0. The van der Waals surface area contributed by atoms with Gasteiger partial charge in [0.2, 0.25) is 0 Å². The third kappa shape index (κ3) is 16.2. The van der Waals surface area contributed by atoms with Gasteiger partial charge < -0.3 is 14.9 Å². The van der Waals surface area contributed by atoms with Crippen LogP contribution in [0.5, 0.6) is 0 Å². The van der Waals surface area contributed by atoms with Crippen molar-refractivity contribution in [3.05, 3.63) is 0 Å². The second-order valence-electron chi connectivity index (χ2n) is 2.17. The Labute approximate surface area is 73.2 Å². The Morgan fingerprint density at radius 2 is 2.00 bits per heavy atom. The first kappa shape index (κ1) is 13.9. The summed E-state index contributed by atoms with van der Waals surface area (Å²) in [6.45, 7) is 5.36. The van der Waals surface area contributed by atoms with Gasteiger partial charge in [0.05, 0.1) is 19.3 Å². The van der Waals surface area contributed by atoms with Crippen LogP contribution in [0.2, 0.25) is 0 Å². The zero-order valence-electron chi connectivity index (χ0n) is 7.91. The van der Waals surface area contributed by atoms with Crippen molar-refractivity contribution in [2.75, 3.05) is 13.2 Å². The lowest BCUT2D eigenvalue weighted by atomic mass is 10.3. The number of aliphatic hydroxyl groups excluding tert-OH is 2. The van der Waals surface area contributed by atoms with Crippen molar-refractivity contribution in [1.82, 2.24) is 0 Å². The maximum absolute atomic E-state index is 9.82. The average Bonchev–Trinajstić information content (AvgIpc) is 2.04. The fourth-order valence-electron chi connectivity index (χ4n) is 0.332. The van der Waals surface area contributed by atoms with E-state index in [0.717, 1.165) is 0 Å². The lowest BCUT2D eigenvalue weighted by Gasteiger charge is -1.97. The van der Waals surface area contributed by atoms with Gasteiger partial charge in [0.1, 0.15) is 0 Å². The molecule has 0 aromatic carbocycles. The minimum atomic E-state index is -0.509. The molecule has 1 atom stereocenters. The molecule has 0 aliphatic rings. The maximum Gasteiger partial charge on any atom is 0.302 e. The number of hydrogen-bond acceptors (Lipinski definition) is 4. The Kier molecular flexibility index (Phi) is 12.1. The molecule has 4 nitrogen and oxygen atoms in total. The molecule has 0 heterocycles. The van der Waals surface area contributed by atoms with Crippen LogP contribution in [0.3, 0.4) is 0 Å². The summed E-state index contributed by atoms with van der Waals surface area (Å²) in [6.07, 6.45) is 0.126. The molecule has 0 aromatic rings. The summed E-state index contributed by atoms with van der Waals surface area (Å²) < 4.78 is 4.40. The number of carbonyl (C=O) groups excluding carboxylic acids is 1. The number of aliphatic hydroxyl groups is 2. The van der Waals surface area contributed by atoms with Crippen molar-refractivity contribution in [3.63, 3.8) is 0 Å². The van der Waals surface area contributed by atoms with Crippen LogP contribution >= 0.6 is 0 Å². The maximum atomic E-state index is 9.82. The van der Waals surface area contributed by atoms with E-state index < -0.39 is 6.10 Å². The smallest absolute Gasteiger partial charge is 0.302 e. The minimum Gasteiger partial charge on any atom is -0.466 e. The molecular weight excluding hydrogens is 160 g/mol. The molecule has 0 bridgehead atoms. The van der Waals surface area contributed by atoms with Crippen LogP contribution in [0.4, 0.5) is 0 Å². The first-order valence-electron chi connectivity index (χ1n) is 4.00. The molecule has 0 spiro atoms. The zero-order valence-corrected chi connectivity index (χ0v) is 7.91. The third-order valence-electron chi connectivity index (χ3n) is 1.03. The Morgan fingerprint density at radius 3 is 2.00 bits per heavy atom. The molecular formula is C8H18O4. The Balaban J connectivity index is 0. The predicted octanol–water partition coefficient (Wildman–Crippen LogP) is 0.319. The van der Waals surface area contributed by atoms with Gasteiger partial charge >= 0.3 is 5.97 Å². The van der Waals surface area contributed by atoms with Crippen molar-refractivity contribution >= 4 is 5.97 Å². The van der Waals surface area contributed by atoms with Crippen molar-refractivity contribution in [2.45, 2.75) is 33.3 Å². The van der Waals surface area contributed by atoms with E-state index in [1.807, 2.05) is 6.92 Å². The van der Waals surface area contributed by atoms with E-state index in [1.165, 1.54) is 6.92 Å². The number of esters is 1. The number of carbonyl (C=O) groups is 1. The predicted molar refractivity (Wildman–Crippen MR) is 45.7 cm³/mol. The van der Waals surface area contributed by atoms with Crippen LogP contribution in [-0.4, -0.2) is 35.5 Å². The average molecular weight is 178 g/mol. The van der Waals surface area contributed by atoms with Gasteiger partial charge in [-0.2, -0.15) is 0 Å². The molecule has 0 fully saturated rings. The van der Waals surface area contributed by atoms with Crippen molar-refractivity contribution in [3.8, 4) is 0 Å². The molecule has 0 saturated heterocycles. The highest BCUT2D eigenvalue weighted by Crippen LogP contribution is 1.83. The molecule has 0 saturated carbocycles. The molecule has 0 aliphatic heterocycles. The van der Waals surface area contributed by atoms with Gasteiger partial charge in [-0.1, -0.05) is 6.92 Å². The largest absolute Gasteiger partial charge is 0.466 e. The van der Waals surface area contributed by atoms with E-state index in [4.69, 9.17) is 10.2 Å². The second-order valence-corrected chi connectivity index (χ2v) is 2.17. The summed E-state index contributed by atoms with van der Waals surface area (Å²) >= 11 is 0. The van der Waals surface area contributed by atoms with E-state index in [0.29, 0.717) is 13.0 Å². The van der Waals surface area contributed by atoms with Crippen LogP contribution in [0.25, 0.3) is 0 Å². The lowest BCUT2D eigenvalue weighted by Crippen LogP contribution is -2.08. The molecule has 0 aliphatic carbocycles. The first-order valence-corrected chi connectivity index (χ1v) is 4.00. The van der Waals surface area contributed by atoms with Gasteiger partial charge in [0, 0.05) is 6.92 Å². The monoisotopic (exact) mass is 178 g/mol. The highest BCUT2D eigenvalue weighted by Gasteiger charge is 1.92. The van der Waals surface area contributed by atoms with Crippen LogP contribution < -0.4 is 0 Å². The normalized spacial score (nSPS) is 11.1. The molecule has 0 rings (SSSR count). The van der Waals surface area contributed by atoms with E-state index in [2.05, 4.69) is 4.74 Å². The fourth-order valence-corrected chi connectivity index (χ4v) is 0.332. The summed E-state index contributed by atoms with van der Waals surface area (Å²) in [5.74, 6) is -0.211. The zero-order chi connectivity index (χ0) is 9.98. The molecule has 4 heteroatoms. The van der Waals surface area contributed by atoms with Gasteiger partial charge in [-0.15, -0.1) is 0 Å². The number of rotatable bonds is 3. The number of hydrogen-bond donors (Lipinski definition) is 2. The van der Waals surface area contributed by atoms with E-state index in [9.17, 15) is 4.79 Å². The molecule has 0 amide bonds. The quantitative estimate of drug-likeness (QED) is 0.611. The Hall–Kier alpha value is -0.610. The third-order valence-corrected chi connectivity index (χ3v) is 1.03. The summed E-state index contributed by atoms with van der Waals surface area (Å²) in [7, 11) is 0. The van der Waals surface area contributed by atoms with Crippen molar-refractivity contribution in [2.24, 2.45) is 0 Å². The Bertz CT molecular complexity index is 99.2. The fraction of sp³-hybridized carbons (Fsp3) is 0.875. The minimum absolute atomic E-state index is 0.115. The molecule has 2 N–H and O–H groups in total. The van der Waals surface area contributed by atoms with Gasteiger partial charge in [0.25, 0.3) is 0 Å². The van der Waals surface area contributed by atoms with Gasteiger partial charge in [-0.3, -0.25) is 4.79 Å². The Morgan fingerprint density at radius 1 is 1.50 bits per heavy atom. The molecule has 0 aromatic heterocycles. The number of ether oxygens (including phenoxy) is 1. The lowest BCUT2D eigenvalue weighted by molar-refractivity contribution is -0.140. The van der Waals surface area contributed by atoms with Crippen LogP contribution in [0, 0.1) is 0 Å². The molecule has 74 valence electrons. The SMILES string of the molecule is CCC(O)CO.CCOC(C)=O. The van der Waals surface area contributed by atoms with Crippen LogP contribution in [0.15, 0.2) is 0 Å². The molecule has 12 heavy (non-hydrogen) atoms. The van der Waals surface area contributed by atoms with Gasteiger partial charge in [-0.25, -0.2) is 0 Å². The van der Waals surface area contributed by atoms with Crippen LogP contribution in [-0.2, 0) is 9.53 Å². The molecule has 1 unspecified atom stereocenters. The second kappa shape index (κ2) is 10.4. The first-order chi connectivity index (χ1) is 5.58.